The maximum Gasteiger partial charge on any atom is 0.0599 e. The molecule has 2 aromatic rings. The Kier molecular flexibility index (Phi) is 7.60. The van der Waals surface area contributed by atoms with Crippen LogP contribution in [0.1, 0.15) is 24.8 Å². The van der Waals surface area contributed by atoms with Crippen molar-refractivity contribution in [2.24, 2.45) is 0 Å². The maximum atomic E-state index is 3.37. The molecular formula is C22H27NS2. The Morgan fingerprint density at radius 2 is 1.84 bits per heavy atom. The highest BCUT2D eigenvalue weighted by atomic mass is 32.2. The molecular weight excluding hydrogens is 342 g/mol. The van der Waals surface area contributed by atoms with Gasteiger partial charge >= 0.3 is 0 Å². The molecule has 0 aromatic heterocycles. The molecule has 0 saturated carbocycles. The van der Waals surface area contributed by atoms with Crippen molar-refractivity contribution in [2.75, 3.05) is 31.6 Å². The molecule has 1 heterocycles. The highest BCUT2D eigenvalue weighted by Crippen LogP contribution is 2.33. The van der Waals surface area contributed by atoms with Gasteiger partial charge < -0.3 is 0 Å². The molecule has 0 aliphatic carbocycles. The Morgan fingerprint density at radius 3 is 2.68 bits per heavy atom. The molecule has 1 nitrogen and oxygen atoms in total. The van der Waals surface area contributed by atoms with Crippen molar-refractivity contribution in [2.45, 2.75) is 30.3 Å². The van der Waals surface area contributed by atoms with Crippen LogP contribution in [-0.4, -0.2) is 41.1 Å². The van der Waals surface area contributed by atoms with E-state index in [1.807, 2.05) is 0 Å². The fourth-order valence-corrected chi connectivity index (χ4v) is 5.83. The van der Waals surface area contributed by atoms with E-state index in [0.29, 0.717) is 0 Å². The summed E-state index contributed by atoms with van der Waals surface area (Å²) in [5.74, 6) is 9.39. The summed E-state index contributed by atoms with van der Waals surface area (Å²) in [5, 5.41) is 2.65. The van der Waals surface area contributed by atoms with Crippen molar-refractivity contribution in [1.29, 1.82) is 0 Å². The van der Waals surface area contributed by atoms with Gasteiger partial charge in [-0.2, -0.15) is 0 Å². The van der Waals surface area contributed by atoms with E-state index in [4.69, 9.17) is 0 Å². The number of rotatable bonds is 6. The fourth-order valence-electron chi connectivity index (χ4n) is 2.97. The van der Waals surface area contributed by atoms with E-state index in [1.54, 1.807) is 0 Å². The lowest BCUT2D eigenvalue weighted by atomic mass is 10.1. The van der Waals surface area contributed by atoms with Crippen LogP contribution in [0.15, 0.2) is 42.5 Å². The number of thioether (sulfide) groups is 2. The van der Waals surface area contributed by atoms with Crippen LogP contribution < -0.4 is 0 Å². The van der Waals surface area contributed by atoms with Crippen molar-refractivity contribution in [3.63, 3.8) is 0 Å². The lowest BCUT2D eigenvalue weighted by Gasteiger charge is -2.19. The number of hydrogen-bond acceptors (Lipinski definition) is 3. The number of fused-ring (bicyclic) bond motifs is 1. The molecule has 2 aromatic carbocycles. The van der Waals surface area contributed by atoms with Gasteiger partial charge in [0.25, 0.3) is 0 Å². The Labute approximate surface area is 160 Å². The second kappa shape index (κ2) is 10.2. The van der Waals surface area contributed by atoms with Crippen molar-refractivity contribution in [3.8, 4) is 11.8 Å². The van der Waals surface area contributed by atoms with E-state index < -0.39 is 0 Å². The summed E-state index contributed by atoms with van der Waals surface area (Å²) in [6.07, 6.45) is 4.74. The van der Waals surface area contributed by atoms with E-state index in [-0.39, 0.29) is 0 Å². The zero-order valence-corrected chi connectivity index (χ0v) is 16.7. The third-order valence-corrected chi connectivity index (χ3v) is 7.55. The summed E-state index contributed by atoms with van der Waals surface area (Å²) >= 11 is 4.24. The third kappa shape index (κ3) is 6.29. The van der Waals surface area contributed by atoms with E-state index >= 15 is 0 Å². The first-order valence-corrected chi connectivity index (χ1v) is 11.3. The minimum Gasteiger partial charge on any atom is -0.295 e. The molecule has 0 bridgehead atoms. The summed E-state index contributed by atoms with van der Waals surface area (Å²) in [5.41, 5.74) is 1.41. The van der Waals surface area contributed by atoms with Crippen molar-refractivity contribution in [3.05, 3.63) is 48.0 Å². The zero-order chi connectivity index (χ0) is 17.3. The summed E-state index contributed by atoms with van der Waals surface area (Å²) in [6, 6.07) is 15.4. The Bertz CT molecular complexity index is 725. The van der Waals surface area contributed by atoms with Crippen molar-refractivity contribution < 1.29 is 0 Å². The lowest BCUT2D eigenvalue weighted by molar-refractivity contribution is 0.380. The predicted octanol–water partition coefficient (Wildman–Crippen LogP) is 5.29. The molecule has 1 fully saturated rings. The van der Waals surface area contributed by atoms with E-state index in [1.165, 1.54) is 40.7 Å². The predicted molar refractivity (Wildman–Crippen MR) is 115 cm³/mol. The first-order valence-electron chi connectivity index (χ1n) is 9.16. The Balaban J connectivity index is 1.37. The van der Waals surface area contributed by atoms with Gasteiger partial charge in [0.2, 0.25) is 0 Å². The van der Waals surface area contributed by atoms with Gasteiger partial charge in [-0.15, -0.1) is 29.4 Å². The van der Waals surface area contributed by atoms with Gasteiger partial charge in [-0.3, -0.25) is 4.90 Å². The van der Waals surface area contributed by atoms with E-state index in [2.05, 4.69) is 89.8 Å². The highest BCUT2D eigenvalue weighted by Gasteiger charge is 2.12. The monoisotopic (exact) mass is 369 g/mol. The third-order valence-electron chi connectivity index (χ3n) is 4.47. The van der Waals surface area contributed by atoms with Crippen LogP contribution in [0.3, 0.4) is 0 Å². The largest absolute Gasteiger partial charge is 0.295 e. The number of hydrogen-bond donors (Lipinski definition) is 0. The average molecular weight is 370 g/mol. The smallest absolute Gasteiger partial charge is 0.0599 e. The van der Waals surface area contributed by atoms with Crippen molar-refractivity contribution >= 4 is 34.3 Å². The zero-order valence-electron chi connectivity index (χ0n) is 15.0. The van der Waals surface area contributed by atoms with Crippen LogP contribution >= 0.6 is 23.5 Å². The summed E-state index contributed by atoms with van der Waals surface area (Å²) in [6.45, 7) is 1.93. The minimum atomic E-state index is 0.786. The van der Waals surface area contributed by atoms with E-state index in [0.717, 1.165) is 30.5 Å². The molecule has 1 saturated heterocycles. The number of benzene rings is 2. The van der Waals surface area contributed by atoms with Gasteiger partial charge in [-0.05, 0) is 54.2 Å². The van der Waals surface area contributed by atoms with Crippen LogP contribution in [0, 0.1) is 11.8 Å². The van der Waals surface area contributed by atoms with Gasteiger partial charge in [0.1, 0.15) is 0 Å². The first kappa shape index (κ1) is 18.7. The number of nitrogens with zero attached hydrogens (tertiary/aromatic N) is 1. The minimum absolute atomic E-state index is 0.786. The van der Waals surface area contributed by atoms with Crippen LogP contribution in [0.5, 0.6) is 0 Å². The molecule has 1 aliphatic heterocycles. The topological polar surface area (TPSA) is 3.24 Å². The fraction of sp³-hybridized carbons (Fsp3) is 0.455. The van der Waals surface area contributed by atoms with Crippen LogP contribution in [0.4, 0.5) is 0 Å². The average Bonchev–Trinajstić information content (AvgIpc) is 2.67. The molecule has 0 spiro atoms. The molecule has 3 heteroatoms. The summed E-state index contributed by atoms with van der Waals surface area (Å²) in [4.78, 5) is 2.33. The molecule has 0 atom stereocenters. The standard InChI is InChI=1S/C22H27NS2/c1-23(14-6-2-3-10-22-24-16-7-17-25-22)15-13-19-11-12-20-8-4-5-9-21(20)18-19/h4-5,8-9,11-12,18,22H,3,7,10,13-17H2,1H3. The quantitative estimate of drug-likeness (QED) is 0.637. The maximum absolute atomic E-state index is 3.37. The van der Waals surface area contributed by atoms with Gasteiger partial charge in [-0.25, -0.2) is 0 Å². The molecule has 0 radical (unpaired) electrons. The molecule has 0 amide bonds. The molecule has 132 valence electrons. The van der Waals surface area contributed by atoms with Gasteiger partial charge in [0, 0.05) is 13.0 Å². The van der Waals surface area contributed by atoms with Crippen LogP contribution in [0.2, 0.25) is 0 Å². The molecule has 0 N–H and O–H groups in total. The van der Waals surface area contributed by atoms with Gasteiger partial charge in [0.05, 0.1) is 11.1 Å². The second-order valence-corrected chi connectivity index (χ2v) is 9.51. The van der Waals surface area contributed by atoms with Gasteiger partial charge in [0.15, 0.2) is 0 Å². The first-order chi connectivity index (χ1) is 12.3. The molecule has 0 unspecified atom stereocenters. The van der Waals surface area contributed by atoms with Crippen LogP contribution in [0.25, 0.3) is 10.8 Å². The van der Waals surface area contributed by atoms with Crippen LogP contribution in [-0.2, 0) is 6.42 Å². The number of likely N-dealkylation sites (N-methyl/N-ethyl adjacent to an activating group) is 1. The molecule has 3 rings (SSSR count). The normalized spacial score (nSPS) is 15.3. The molecule has 1 aliphatic rings. The summed E-state index contributed by atoms with van der Waals surface area (Å²) < 4.78 is 0.786. The van der Waals surface area contributed by atoms with Gasteiger partial charge in [-0.1, -0.05) is 48.4 Å². The molecule has 25 heavy (non-hydrogen) atoms. The Hall–Kier alpha value is -1.08. The SMILES string of the molecule is CN(CC#CCCC1SCCCS1)CCc1ccc2ccccc2c1. The Morgan fingerprint density at radius 1 is 1.04 bits per heavy atom. The van der Waals surface area contributed by atoms with E-state index in [9.17, 15) is 0 Å². The lowest BCUT2D eigenvalue weighted by Crippen LogP contribution is -2.21. The van der Waals surface area contributed by atoms with Crippen molar-refractivity contribution in [1.82, 2.24) is 4.90 Å². The summed E-state index contributed by atoms with van der Waals surface area (Å²) in [7, 11) is 2.17. The highest BCUT2D eigenvalue weighted by molar-refractivity contribution is 8.17. The second-order valence-electron chi connectivity index (χ2n) is 6.59.